The van der Waals surface area contributed by atoms with Crippen LogP contribution in [-0.2, 0) is 13.0 Å². The van der Waals surface area contributed by atoms with E-state index in [0.717, 1.165) is 31.7 Å². The number of nitrogens with one attached hydrogen (secondary N) is 2. The maximum absolute atomic E-state index is 12.6. The van der Waals surface area contributed by atoms with E-state index in [1.807, 2.05) is 11.4 Å². The summed E-state index contributed by atoms with van der Waals surface area (Å²) in [5.41, 5.74) is 2.15. The van der Waals surface area contributed by atoms with Gasteiger partial charge in [0.1, 0.15) is 0 Å². The Hall–Kier alpha value is -2.55. The molecule has 6 nitrogen and oxygen atoms in total. The standard InChI is InChI=1S/C20H20N4O2S2/c1-2-24-9-8-15-17(12-24)28-20(22-15)23-18(25)13-5-3-6-14(11-13)21-19(26)16-7-4-10-27-16/h3-7,10-11H,2,8-9,12H2,1H3,(H,21,26)(H,22,23,25). The van der Waals surface area contributed by atoms with E-state index >= 15 is 0 Å². The largest absolute Gasteiger partial charge is 0.321 e. The molecule has 2 amide bonds. The van der Waals surface area contributed by atoms with Gasteiger partial charge in [0.05, 0.1) is 10.6 Å². The molecule has 2 N–H and O–H groups in total. The monoisotopic (exact) mass is 412 g/mol. The lowest BCUT2D eigenvalue weighted by molar-refractivity contribution is 0.101. The van der Waals surface area contributed by atoms with Crippen molar-refractivity contribution in [3.05, 3.63) is 62.8 Å². The number of hydrogen-bond acceptors (Lipinski definition) is 6. The minimum Gasteiger partial charge on any atom is -0.321 e. The summed E-state index contributed by atoms with van der Waals surface area (Å²) in [5.74, 6) is -0.411. The number of nitrogens with zero attached hydrogens (tertiary/aromatic N) is 2. The number of hydrogen-bond donors (Lipinski definition) is 2. The lowest BCUT2D eigenvalue weighted by Crippen LogP contribution is -2.29. The van der Waals surface area contributed by atoms with Crippen molar-refractivity contribution in [1.82, 2.24) is 9.88 Å². The van der Waals surface area contributed by atoms with Crippen LogP contribution in [0, 0.1) is 0 Å². The number of carbonyl (C=O) groups excluding carboxylic acids is 2. The highest BCUT2D eigenvalue weighted by Gasteiger charge is 2.20. The number of carbonyl (C=O) groups is 2. The highest BCUT2D eigenvalue weighted by Crippen LogP contribution is 2.28. The van der Waals surface area contributed by atoms with E-state index < -0.39 is 0 Å². The van der Waals surface area contributed by atoms with Crippen molar-refractivity contribution in [2.45, 2.75) is 19.9 Å². The van der Waals surface area contributed by atoms with Crippen LogP contribution >= 0.6 is 22.7 Å². The second-order valence-corrected chi connectivity index (χ2v) is 8.51. The Balaban J connectivity index is 1.44. The molecule has 8 heteroatoms. The van der Waals surface area contributed by atoms with Crippen molar-refractivity contribution >= 4 is 45.3 Å². The fourth-order valence-electron chi connectivity index (χ4n) is 3.08. The van der Waals surface area contributed by atoms with Gasteiger partial charge in [-0.25, -0.2) is 4.98 Å². The number of rotatable bonds is 5. The molecule has 0 unspecified atom stereocenters. The summed E-state index contributed by atoms with van der Waals surface area (Å²) < 4.78 is 0. The molecule has 1 aliphatic rings. The van der Waals surface area contributed by atoms with Gasteiger partial charge in [0.25, 0.3) is 11.8 Å². The van der Waals surface area contributed by atoms with Crippen LogP contribution in [0.15, 0.2) is 41.8 Å². The number of anilines is 2. The van der Waals surface area contributed by atoms with Crippen LogP contribution in [0.1, 0.15) is 37.5 Å². The Morgan fingerprint density at radius 2 is 2.07 bits per heavy atom. The number of likely N-dealkylation sites (N-methyl/N-ethyl adjacent to an activating group) is 1. The first kappa shape index (κ1) is 18.8. The first-order valence-corrected chi connectivity index (χ1v) is 10.8. The number of thiazole rings is 1. The summed E-state index contributed by atoms with van der Waals surface area (Å²) in [6.45, 7) is 5.07. The van der Waals surface area contributed by atoms with Crippen molar-refractivity contribution < 1.29 is 9.59 Å². The van der Waals surface area contributed by atoms with E-state index in [9.17, 15) is 9.59 Å². The fourth-order valence-corrected chi connectivity index (χ4v) is 4.74. The van der Waals surface area contributed by atoms with Gasteiger partial charge in [-0.1, -0.05) is 19.1 Å². The molecule has 144 valence electrons. The molecule has 0 fully saturated rings. The molecule has 4 rings (SSSR count). The molecule has 28 heavy (non-hydrogen) atoms. The van der Waals surface area contributed by atoms with Crippen molar-refractivity contribution in [1.29, 1.82) is 0 Å². The van der Waals surface area contributed by atoms with Gasteiger partial charge >= 0.3 is 0 Å². The quantitative estimate of drug-likeness (QED) is 0.662. The van der Waals surface area contributed by atoms with Crippen molar-refractivity contribution in [2.75, 3.05) is 23.7 Å². The van der Waals surface area contributed by atoms with E-state index in [0.29, 0.717) is 21.3 Å². The number of amides is 2. The van der Waals surface area contributed by atoms with Gasteiger partial charge in [-0.05, 0) is 36.2 Å². The van der Waals surface area contributed by atoms with Crippen LogP contribution in [0.25, 0.3) is 0 Å². The fraction of sp³-hybridized carbons (Fsp3) is 0.250. The molecule has 1 aliphatic heterocycles. The third kappa shape index (κ3) is 4.14. The first-order valence-electron chi connectivity index (χ1n) is 9.09. The molecule has 0 spiro atoms. The zero-order valence-corrected chi connectivity index (χ0v) is 17.0. The second-order valence-electron chi connectivity index (χ2n) is 6.47. The van der Waals surface area contributed by atoms with Crippen LogP contribution in [0.4, 0.5) is 10.8 Å². The molecular weight excluding hydrogens is 392 g/mol. The average molecular weight is 413 g/mol. The van der Waals surface area contributed by atoms with Crippen LogP contribution < -0.4 is 10.6 Å². The van der Waals surface area contributed by atoms with Gasteiger partial charge in [-0.15, -0.1) is 22.7 Å². The predicted molar refractivity (Wildman–Crippen MR) is 113 cm³/mol. The second kappa shape index (κ2) is 8.22. The van der Waals surface area contributed by atoms with E-state index in [1.54, 1.807) is 30.3 Å². The Kier molecular flexibility index (Phi) is 5.52. The summed E-state index contributed by atoms with van der Waals surface area (Å²) in [6, 6.07) is 10.5. The SMILES string of the molecule is CCN1CCc2nc(NC(=O)c3cccc(NC(=O)c4cccs4)c3)sc2C1. The van der Waals surface area contributed by atoms with Gasteiger partial charge in [-0.2, -0.15) is 0 Å². The van der Waals surface area contributed by atoms with E-state index in [2.05, 4.69) is 27.4 Å². The predicted octanol–water partition coefficient (Wildman–Crippen LogP) is 4.09. The third-order valence-corrected chi connectivity index (χ3v) is 6.47. The summed E-state index contributed by atoms with van der Waals surface area (Å²) in [7, 11) is 0. The maximum Gasteiger partial charge on any atom is 0.265 e. The van der Waals surface area contributed by atoms with E-state index in [1.165, 1.54) is 27.6 Å². The summed E-state index contributed by atoms with van der Waals surface area (Å²) in [6.07, 6.45) is 0.916. The average Bonchev–Trinajstić information content (AvgIpc) is 3.37. The molecule has 2 aromatic heterocycles. The van der Waals surface area contributed by atoms with Gasteiger partial charge in [0.15, 0.2) is 5.13 Å². The summed E-state index contributed by atoms with van der Waals surface area (Å²) in [4.78, 5) is 33.6. The minimum atomic E-state index is -0.231. The highest BCUT2D eigenvalue weighted by molar-refractivity contribution is 7.15. The van der Waals surface area contributed by atoms with Gasteiger partial charge in [0, 0.05) is 35.6 Å². The molecule has 0 bridgehead atoms. The van der Waals surface area contributed by atoms with Crippen molar-refractivity contribution in [3.63, 3.8) is 0 Å². The Morgan fingerprint density at radius 1 is 1.18 bits per heavy atom. The van der Waals surface area contributed by atoms with Crippen LogP contribution in [0.2, 0.25) is 0 Å². The molecule has 0 atom stereocenters. The third-order valence-electron chi connectivity index (χ3n) is 4.61. The maximum atomic E-state index is 12.6. The Morgan fingerprint density at radius 3 is 2.86 bits per heavy atom. The smallest absolute Gasteiger partial charge is 0.265 e. The molecule has 0 saturated heterocycles. The number of thiophene rings is 1. The van der Waals surface area contributed by atoms with E-state index in [4.69, 9.17) is 0 Å². The molecule has 3 aromatic rings. The molecule has 0 radical (unpaired) electrons. The zero-order valence-electron chi connectivity index (χ0n) is 15.4. The highest BCUT2D eigenvalue weighted by atomic mass is 32.1. The lowest BCUT2D eigenvalue weighted by Gasteiger charge is -2.23. The van der Waals surface area contributed by atoms with Crippen LogP contribution in [-0.4, -0.2) is 34.8 Å². The van der Waals surface area contributed by atoms with Crippen LogP contribution in [0.5, 0.6) is 0 Å². The summed E-state index contributed by atoms with van der Waals surface area (Å²) >= 11 is 2.91. The zero-order chi connectivity index (χ0) is 19.5. The molecular formula is C20H20N4O2S2. The topological polar surface area (TPSA) is 74.3 Å². The Labute approximate surface area is 171 Å². The van der Waals surface area contributed by atoms with Crippen molar-refractivity contribution in [3.8, 4) is 0 Å². The van der Waals surface area contributed by atoms with Crippen molar-refractivity contribution in [2.24, 2.45) is 0 Å². The summed E-state index contributed by atoms with van der Waals surface area (Å²) in [5, 5.41) is 8.20. The van der Waals surface area contributed by atoms with E-state index in [-0.39, 0.29) is 11.8 Å². The van der Waals surface area contributed by atoms with Crippen LogP contribution in [0.3, 0.4) is 0 Å². The first-order chi connectivity index (χ1) is 13.6. The molecule has 3 heterocycles. The van der Waals surface area contributed by atoms with Gasteiger partial charge in [-0.3, -0.25) is 19.8 Å². The normalized spacial score (nSPS) is 13.8. The number of benzene rings is 1. The molecule has 0 aliphatic carbocycles. The molecule has 1 aromatic carbocycles. The Bertz CT molecular complexity index is 998. The lowest BCUT2D eigenvalue weighted by atomic mass is 10.2. The minimum absolute atomic E-state index is 0.180. The van der Waals surface area contributed by atoms with Gasteiger partial charge in [0.2, 0.25) is 0 Å². The number of aromatic nitrogens is 1. The molecule has 0 saturated carbocycles. The van der Waals surface area contributed by atoms with Gasteiger partial charge < -0.3 is 5.32 Å². The number of fused-ring (bicyclic) bond motifs is 1.